The molecule has 1 rings (SSSR count). The van der Waals surface area contributed by atoms with Crippen LogP contribution in [-0.2, 0) is 14.8 Å². The molecule has 0 bridgehead atoms. The van der Waals surface area contributed by atoms with Gasteiger partial charge in [0.1, 0.15) is 5.75 Å². The first-order valence-electron chi connectivity index (χ1n) is 6.06. The van der Waals surface area contributed by atoms with Crippen LogP contribution >= 0.6 is 11.6 Å². The zero-order chi connectivity index (χ0) is 16.0. The molecule has 6 nitrogen and oxygen atoms in total. The molecule has 0 aliphatic carbocycles. The number of rotatable bonds is 7. The van der Waals surface area contributed by atoms with Crippen LogP contribution in [0.25, 0.3) is 0 Å². The van der Waals surface area contributed by atoms with Crippen molar-refractivity contribution in [3.05, 3.63) is 35.9 Å². The highest BCUT2D eigenvalue weighted by Crippen LogP contribution is 2.26. The standard InChI is InChI=1S/C13H17ClN2O4S/c1-4-7-15-13(17)9(2)16-21(18,19)10-5-6-12(20-3)11(14)8-10/h4-6,8-9,16H,1,7H2,2-3H3,(H,15,17)/t9-/m1/s1. The van der Waals surface area contributed by atoms with Gasteiger partial charge in [-0.25, -0.2) is 8.42 Å². The molecule has 2 N–H and O–H groups in total. The Bertz CT molecular complexity index is 631. The van der Waals surface area contributed by atoms with Gasteiger partial charge in [0.15, 0.2) is 0 Å². The molecule has 1 aromatic rings. The zero-order valence-corrected chi connectivity index (χ0v) is 13.3. The molecule has 0 aromatic heterocycles. The van der Waals surface area contributed by atoms with E-state index in [9.17, 15) is 13.2 Å². The van der Waals surface area contributed by atoms with Gasteiger partial charge in [-0.15, -0.1) is 6.58 Å². The summed E-state index contributed by atoms with van der Waals surface area (Å²) in [7, 11) is -2.42. The van der Waals surface area contributed by atoms with Crippen LogP contribution in [0.5, 0.6) is 5.75 Å². The van der Waals surface area contributed by atoms with Crippen LogP contribution in [0.15, 0.2) is 35.7 Å². The Kier molecular flexibility index (Phi) is 6.19. The molecule has 0 saturated heterocycles. The Labute approximate surface area is 129 Å². The third-order valence-electron chi connectivity index (χ3n) is 2.58. The number of amides is 1. The van der Waals surface area contributed by atoms with E-state index >= 15 is 0 Å². The average molecular weight is 333 g/mol. The van der Waals surface area contributed by atoms with Crippen LogP contribution in [0, 0.1) is 0 Å². The maximum absolute atomic E-state index is 12.2. The largest absolute Gasteiger partial charge is 0.495 e. The van der Waals surface area contributed by atoms with Gasteiger partial charge in [0, 0.05) is 6.54 Å². The minimum atomic E-state index is -3.85. The van der Waals surface area contributed by atoms with Gasteiger partial charge < -0.3 is 10.1 Å². The molecule has 1 atom stereocenters. The van der Waals surface area contributed by atoms with E-state index in [0.29, 0.717) is 5.75 Å². The highest BCUT2D eigenvalue weighted by atomic mass is 35.5. The highest BCUT2D eigenvalue weighted by Gasteiger charge is 2.22. The predicted molar refractivity (Wildman–Crippen MR) is 81.0 cm³/mol. The van der Waals surface area contributed by atoms with Crippen molar-refractivity contribution in [3.63, 3.8) is 0 Å². The Morgan fingerprint density at radius 1 is 1.52 bits per heavy atom. The molecule has 116 valence electrons. The summed E-state index contributed by atoms with van der Waals surface area (Å²) in [5.74, 6) is -0.0783. The average Bonchev–Trinajstić information content (AvgIpc) is 2.44. The fourth-order valence-electron chi connectivity index (χ4n) is 1.49. The maximum atomic E-state index is 12.2. The summed E-state index contributed by atoms with van der Waals surface area (Å²) in [5.41, 5.74) is 0. The third-order valence-corrected chi connectivity index (χ3v) is 4.41. The minimum absolute atomic E-state index is 0.0447. The molecule has 8 heteroatoms. The molecule has 0 fully saturated rings. The first kappa shape index (κ1) is 17.5. The molecular weight excluding hydrogens is 316 g/mol. The lowest BCUT2D eigenvalue weighted by Crippen LogP contribution is -2.44. The summed E-state index contributed by atoms with van der Waals surface area (Å²) in [6.07, 6.45) is 1.50. The molecule has 0 spiro atoms. The molecular formula is C13H17ClN2O4S. The number of carbonyl (C=O) groups is 1. The lowest BCUT2D eigenvalue weighted by atomic mass is 10.3. The number of nitrogens with one attached hydrogen (secondary N) is 2. The number of ether oxygens (including phenoxy) is 1. The Hall–Kier alpha value is -1.57. The van der Waals surface area contributed by atoms with Gasteiger partial charge in [0.05, 0.1) is 23.1 Å². The summed E-state index contributed by atoms with van der Waals surface area (Å²) < 4.78 is 31.6. The number of hydrogen-bond donors (Lipinski definition) is 2. The van der Waals surface area contributed by atoms with Gasteiger partial charge in [0.2, 0.25) is 15.9 Å². The fourth-order valence-corrected chi connectivity index (χ4v) is 3.05. The molecule has 21 heavy (non-hydrogen) atoms. The van der Waals surface area contributed by atoms with E-state index in [1.54, 1.807) is 0 Å². The van der Waals surface area contributed by atoms with Crippen molar-refractivity contribution in [2.75, 3.05) is 13.7 Å². The number of halogens is 1. The van der Waals surface area contributed by atoms with Crippen molar-refractivity contribution < 1.29 is 17.9 Å². The summed E-state index contributed by atoms with van der Waals surface area (Å²) in [4.78, 5) is 11.6. The van der Waals surface area contributed by atoms with E-state index < -0.39 is 22.0 Å². The Morgan fingerprint density at radius 3 is 2.71 bits per heavy atom. The summed E-state index contributed by atoms with van der Waals surface area (Å²) >= 11 is 5.90. The SMILES string of the molecule is C=CCNC(=O)[C@@H](C)NS(=O)(=O)c1ccc(OC)c(Cl)c1. The van der Waals surface area contributed by atoms with E-state index in [1.807, 2.05) is 0 Å². The number of carbonyl (C=O) groups excluding carboxylic acids is 1. The quantitative estimate of drug-likeness (QED) is 0.737. The number of sulfonamides is 1. The van der Waals surface area contributed by atoms with E-state index in [4.69, 9.17) is 16.3 Å². The van der Waals surface area contributed by atoms with Gasteiger partial charge in [-0.05, 0) is 25.1 Å². The minimum Gasteiger partial charge on any atom is -0.495 e. The van der Waals surface area contributed by atoms with Crippen molar-refractivity contribution >= 4 is 27.5 Å². The van der Waals surface area contributed by atoms with Crippen LogP contribution in [0.4, 0.5) is 0 Å². The van der Waals surface area contributed by atoms with E-state index in [1.165, 1.54) is 38.3 Å². The molecule has 0 saturated carbocycles. The second kappa shape index (κ2) is 7.44. The van der Waals surface area contributed by atoms with E-state index in [0.717, 1.165) is 0 Å². The number of methoxy groups -OCH3 is 1. The van der Waals surface area contributed by atoms with Crippen molar-refractivity contribution in [1.29, 1.82) is 0 Å². The monoisotopic (exact) mass is 332 g/mol. The lowest BCUT2D eigenvalue weighted by molar-refractivity contribution is -0.122. The van der Waals surface area contributed by atoms with Crippen LogP contribution in [0.2, 0.25) is 5.02 Å². The van der Waals surface area contributed by atoms with Gasteiger partial charge in [0.25, 0.3) is 0 Å². The van der Waals surface area contributed by atoms with Crippen LogP contribution in [-0.4, -0.2) is 34.0 Å². The lowest BCUT2D eigenvalue weighted by Gasteiger charge is -2.14. The molecule has 1 aromatic carbocycles. The second-order valence-electron chi connectivity index (χ2n) is 4.17. The third kappa shape index (κ3) is 4.73. The number of benzene rings is 1. The Balaban J connectivity index is 2.88. The van der Waals surface area contributed by atoms with Gasteiger partial charge >= 0.3 is 0 Å². The van der Waals surface area contributed by atoms with Crippen molar-refractivity contribution in [2.45, 2.75) is 17.9 Å². The molecule has 1 amide bonds. The molecule has 0 radical (unpaired) electrons. The summed E-state index contributed by atoms with van der Waals surface area (Å²) in [5, 5.41) is 2.68. The van der Waals surface area contributed by atoms with Gasteiger partial charge in [-0.1, -0.05) is 17.7 Å². The van der Waals surface area contributed by atoms with Gasteiger partial charge in [-0.3, -0.25) is 4.79 Å². The second-order valence-corrected chi connectivity index (χ2v) is 6.29. The van der Waals surface area contributed by atoms with E-state index in [-0.39, 0.29) is 16.5 Å². The summed E-state index contributed by atoms with van der Waals surface area (Å²) in [6.45, 7) is 5.17. The predicted octanol–water partition coefficient (Wildman–Crippen LogP) is 1.32. The fraction of sp³-hybridized carbons (Fsp3) is 0.308. The normalized spacial score (nSPS) is 12.5. The Morgan fingerprint density at radius 2 is 2.19 bits per heavy atom. The molecule has 0 heterocycles. The highest BCUT2D eigenvalue weighted by molar-refractivity contribution is 7.89. The first-order chi connectivity index (χ1) is 9.81. The summed E-state index contributed by atoms with van der Waals surface area (Å²) in [6, 6.07) is 3.13. The van der Waals surface area contributed by atoms with Crippen LogP contribution in [0.1, 0.15) is 6.92 Å². The first-order valence-corrected chi connectivity index (χ1v) is 7.92. The number of hydrogen-bond acceptors (Lipinski definition) is 4. The molecule has 0 aliphatic heterocycles. The zero-order valence-electron chi connectivity index (χ0n) is 11.7. The van der Waals surface area contributed by atoms with Crippen LogP contribution in [0.3, 0.4) is 0 Å². The van der Waals surface area contributed by atoms with Crippen LogP contribution < -0.4 is 14.8 Å². The van der Waals surface area contributed by atoms with Gasteiger partial charge in [-0.2, -0.15) is 4.72 Å². The maximum Gasteiger partial charge on any atom is 0.241 e. The van der Waals surface area contributed by atoms with Crippen molar-refractivity contribution in [2.24, 2.45) is 0 Å². The van der Waals surface area contributed by atoms with E-state index in [2.05, 4.69) is 16.6 Å². The van der Waals surface area contributed by atoms with Crippen molar-refractivity contribution in [1.82, 2.24) is 10.0 Å². The van der Waals surface area contributed by atoms with Crippen molar-refractivity contribution in [3.8, 4) is 5.75 Å². The topological polar surface area (TPSA) is 84.5 Å². The molecule has 0 aliphatic rings. The smallest absolute Gasteiger partial charge is 0.241 e. The molecule has 0 unspecified atom stereocenters.